The summed E-state index contributed by atoms with van der Waals surface area (Å²) < 4.78 is 6.86. The second-order valence-corrected chi connectivity index (χ2v) is 3.87. The van der Waals surface area contributed by atoms with E-state index in [1.807, 2.05) is 18.7 Å². The van der Waals surface area contributed by atoms with Gasteiger partial charge in [-0.15, -0.1) is 0 Å². The normalized spacial score (nSPS) is 13.1. The lowest BCUT2D eigenvalue weighted by Crippen LogP contribution is -2.21. The SMILES string of the molecule is COCCCNC(C)c1cn(C)nc1C. The first-order valence-corrected chi connectivity index (χ1v) is 5.37. The summed E-state index contributed by atoms with van der Waals surface area (Å²) in [4.78, 5) is 0. The van der Waals surface area contributed by atoms with Crippen LogP contribution in [0.3, 0.4) is 0 Å². The molecule has 1 N–H and O–H groups in total. The zero-order chi connectivity index (χ0) is 11.3. The number of ether oxygens (including phenoxy) is 1. The molecule has 0 fully saturated rings. The van der Waals surface area contributed by atoms with Crippen LogP contribution in [0.25, 0.3) is 0 Å². The molecule has 86 valence electrons. The number of hydrogen-bond donors (Lipinski definition) is 1. The molecule has 0 saturated heterocycles. The number of aromatic nitrogens is 2. The molecule has 0 aliphatic rings. The van der Waals surface area contributed by atoms with E-state index in [4.69, 9.17) is 4.74 Å². The van der Waals surface area contributed by atoms with Crippen molar-refractivity contribution < 1.29 is 4.74 Å². The van der Waals surface area contributed by atoms with Gasteiger partial charge in [-0.05, 0) is 26.8 Å². The summed E-state index contributed by atoms with van der Waals surface area (Å²) in [5.41, 5.74) is 2.37. The molecular formula is C11H21N3O. The molecular weight excluding hydrogens is 190 g/mol. The first-order valence-electron chi connectivity index (χ1n) is 5.37. The van der Waals surface area contributed by atoms with Crippen LogP contribution < -0.4 is 5.32 Å². The van der Waals surface area contributed by atoms with Gasteiger partial charge in [0.1, 0.15) is 0 Å². The largest absolute Gasteiger partial charge is 0.385 e. The van der Waals surface area contributed by atoms with Crippen LogP contribution in [0.1, 0.15) is 30.6 Å². The Kier molecular flexibility index (Phi) is 4.78. The predicted octanol–water partition coefficient (Wildman–Crippen LogP) is 1.42. The summed E-state index contributed by atoms with van der Waals surface area (Å²) in [6.07, 6.45) is 3.11. The quantitative estimate of drug-likeness (QED) is 0.723. The average Bonchev–Trinajstić information content (AvgIpc) is 2.52. The maximum absolute atomic E-state index is 5.00. The minimum atomic E-state index is 0.357. The highest BCUT2D eigenvalue weighted by Gasteiger charge is 2.10. The number of hydrogen-bond acceptors (Lipinski definition) is 3. The third-order valence-electron chi connectivity index (χ3n) is 2.49. The molecule has 0 radical (unpaired) electrons. The highest BCUT2D eigenvalue weighted by molar-refractivity contribution is 5.19. The number of nitrogens with one attached hydrogen (secondary N) is 1. The third kappa shape index (κ3) is 3.64. The first kappa shape index (κ1) is 12.2. The fourth-order valence-electron chi connectivity index (χ4n) is 1.69. The molecule has 4 nitrogen and oxygen atoms in total. The summed E-state index contributed by atoms with van der Waals surface area (Å²) in [6.45, 7) is 5.99. The van der Waals surface area contributed by atoms with E-state index in [2.05, 4.69) is 23.5 Å². The minimum Gasteiger partial charge on any atom is -0.385 e. The van der Waals surface area contributed by atoms with Crippen molar-refractivity contribution in [3.63, 3.8) is 0 Å². The Morgan fingerprint density at radius 2 is 2.33 bits per heavy atom. The maximum atomic E-state index is 5.00. The lowest BCUT2D eigenvalue weighted by molar-refractivity contribution is 0.193. The Hall–Kier alpha value is -0.870. The Morgan fingerprint density at radius 3 is 2.87 bits per heavy atom. The van der Waals surface area contributed by atoms with Crippen molar-refractivity contribution in [3.05, 3.63) is 17.5 Å². The molecule has 1 unspecified atom stereocenters. The zero-order valence-electron chi connectivity index (χ0n) is 10.1. The molecule has 1 heterocycles. The van der Waals surface area contributed by atoms with Crippen LogP contribution in [0, 0.1) is 6.92 Å². The molecule has 1 aromatic rings. The van der Waals surface area contributed by atoms with E-state index in [0.29, 0.717) is 6.04 Å². The summed E-state index contributed by atoms with van der Waals surface area (Å²) in [5.74, 6) is 0. The number of rotatable bonds is 6. The Balaban J connectivity index is 2.39. The van der Waals surface area contributed by atoms with Gasteiger partial charge in [0.25, 0.3) is 0 Å². The molecule has 0 aromatic carbocycles. The molecule has 15 heavy (non-hydrogen) atoms. The highest BCUT2D eigenvalue weighted by Crippen LogP contribution is 2.14. The van der Waals surface area contributed by atoms with E-state index in [0.717, 1.165) is 25.3 Å². The predicted molar refractivity (Wildman–Crippen MR) is 60.9 cm³/mol. The third-order valence-corrected chi connectivity index (χ3v) is 2.49. The van der Waals surface area contributed by atoms with Gasteiger partial charge in [-0.1, -0.05) is 0 Å². The Morgan fingerprint density at radius 1 is 1.60 bits per heavy atom. The van der Waals surface area contributed by atoms with E-state index in [1.165, 1.54) is 5.56 Å². The van der Waals surface area contributed by atoms with Crippen molar-refractivity contribution in [2.45, 2.75) is 26.3 Å². The van der Waals surface area contributed by atoms with Crippen LogP contribution in [-0.2, 0) is 11.8 Å². The van der Waals surface area contributed by atoms with Crippen molar-refractivity contribution >= 4 is 0 Å². The van der Waals surface area contributed by atoms with Gasteiger partial charge >= 0.3 is 0 Å². The van der Waals surface area contributed by atoms with Crippen molar-refractivity contribution in [1.29, 1.82) is 0 Å². The molecule has 1 rings (SSSR count). The van der Waals surface area contributed by atoms with Gasteiger partial charge in [-0.25, -0.2) is 0 Å². The molecule has 1 aromatic heterocycles. The fourth-order valence-corrected chi connectivity index (χ4v) is 1.69. The van der Waals surface area contributed by atoms with Gasteiger partial charge in [0, 0.05) is 38.6 Å². The van der Waals surface area contributed by atoms with Crippen LogP contribution in [-0.4, -0.2) is 30.0 Å². The van der Waals surface area contributed by atoms with Crippen LogP contribution in [0.5, 0.6) is 0 Å². The van der Waals surface area contributed by atoms with Crippen molar-refractivity contribution in [3.8, 4) is 0 Å². The smallest absolute Gasteiger partial charge is 0.0641 e. The lowest BCUT2D eigenvalue weighted by Gasteiger charge is -2.12. The first-order chi connectivity index (χ1) is 7.15. The molecule has 0 amide bonds. The fraction of sp³-hybridized carbons (Fsp3) is 0.727. The van der Waals surface area contributed by atoms with Crippen molar-refractivity contribution in [1.82, 2.24) is 15.1 Å². The Bertz CT molecular complexity index is 296. The average molecular weight is 211 g/mol. The summed E-state index contributed by atoms with van der Waals surface area (Å²) in [5, 5.41) is 7.78. The van der Waals surface area contributed by atoms with E-state index in [-0.39, 0.29) is 0 Å². The number of aryl methyl sites for hydroxylation is 2. The number of nitrogens with zero attached hydrogens (tertiary/aromatic N) is 2. The van der Waals surface area contributed by atoms with Gasteiger partial charge in [0.15, 0.2) is 0 Å². The van der Waals surface area contributed by atoms with Gasteiger partial charge in [0.2, 0.25) is 0 Å². The van der Waals surface area contributed by atoms with Crippen LogP contribution in [0.15, 0.2) is 6.20 Å². The molecule has 0 saturated carbocycles. The second kappa shape index (κ2) is 5.88. The molecule has 0 aliphatic heterocycles. The Labute approximate surface area is 91.6 Å². The molecule has 0 bridgehead atoms. The summed E-state index contributed by atoms with van der Waals surface area (Å²) >= 11 is 0. The van der Waals surface area contributed by atoms with E-state index in [9.17, 15) is 0 Å². The summed E-state index contributed by atoms with van der Waals surface area (Å²) in [7, 11) is 3.68. The monoisotopic (exact) mass is 211 g/mol. The van der Waals surface area contributed by atoms with Crippen LogP contribution in [0.2, 0.25) is 0 Å². The van der Waals surface area contributed by atoms with E-state index < -0.39 is 0 Å². The minimum absolute atomic E-state index is 0.357. The van der Waals surface area contributed by atoms with Crippen LogP contribution >= 0.6 is 0 Å². The van der Waals surface area contributed by atoms with Gasteiger partial charge in [-0.3, -0.25) is 4.68 Å². The van der Waals surface area contributed by atoms with Crippen molar-refractivity contribution in [2.24, 2.45) is 7.05 Å². The van der Waals surface area contributed by atoms with Crippen molar-refractivity contribution in [2.75, 3.05) is 20.3 Å². The highest BCUT2D eigenvalue weighted by atomic mass is 16.5. The molecule has 0 spiro atoms. The molecule has 4 heteroatoms. The number of methoxy groups -OCH3 is 1. The van der Waals surface area contributed by atoms with E-state index >= 15 is 0 Å². The lowest BCUT2D eigenvalue weighted by atomic mass is 10.1. The van der Waals surface area contributed by atoms with Crippen LogP contribution in [0.4, 0.5) is 0 Å². The molecule has 0 aliphatic carbocycles. The maximum Gasteiger partial charge on any atom is 0.0641 e. The second-order valence-electron chi connectivity index (χ2n) is 3.87. The van der Waals surface area contributed by atoms with Gasteiger partial charge < -0.3 is 10.1 Å². The van der Waals surface area contributed by atoms with E-state index in [1.54, 1.807) is 7.11 Å². The van der Waals surface area contributed by atoms with Gasteiger partial charge in [0.05, 0.1) is 5.69 Å². The summed E-state index contributed by atoms with van der Waals surface area (Å²) in [6, 6.07) is 0.357. The molecule has 1 atom stereocenters. The zero-order valence-corrected chi connectivity index (χ0v) is 10.1. The topological polar surface area (TPSA) is 39.1 Å². The standard InChI is InChI=1S/C11H21N3O/c1-9(12-6-5-7-15-4)11-8-14(3)13-10(11)2/h8-9,12H,5-7H2,1-4H3. The van der Waals surface area contributed by atoms with Gasteiger partial charge in [-0.2, -0.15) is 5.10 Å².